The van der Waals surface area contributed by atoms with E-state index in [0.717, 1.165) is 54.8 Å². The van der Waals surface area contributed by atoms with Crippen LogP contribution in [-0.4, -0.2) is 28.1 Å². The molecule has 1 aliphatic heterocycles. The molecule has 2 saturated carbocycles. The molecule has 2 aromatic rings. The lowest BCUT2D eigenvalue weighted by molar-refractivity contribution is -0.124. The summed E-state index contributed by atoms with van der Waals surface area (Å²) in [6.45, 7) is 0.255. The molecule has 0 bridgehead atoms. The van der Waals surface area contributed by atoms with Gasteiger partial charge in [-0.25, -0.2) is 0 Å². The number of rotatable bonds is 6. The van der Waals surface area contributed by atoms with Crippen LogP contribution >= 0.6 is 46.6 Å². The average Bonchev–Trinajstić information content (AvgIpc) is 3.19. The Morgan fingerprint density at radius 3 is 2.24 bits per heavy atom. The van der Waals surface area contributed by atoms with Crippen LogP contribution in [0.15, 0.2) is 46.3 Å². The first-order valence-electron chi connectivity index (χ1n) is 13.2. The van der Waals surface area contributed by atoms with E-state index in [-0.39, 0.29) is 18.6 Å². The van der Waals surface area contributed by atoms with Gasteiger partial charge < -0.3 is 4.74 Å². The van der Waals surface area contributed by atoms with Gasteiger partial charge in [-0.05, 0) is 67.3 Å². The number of nitrogens with zero attached hydrogens (tertiary/aromatic N) is 2. The third-order valence-electron chi connectivity index (χ3n) is 7.29. The van der Waals surface area contributed by atoms with E-state index in [2.05, 4.69) is 0 Å². The number of aliphatic imine (C=N–C) groups is 1. The number of ether oxygens (including phenoxy) is 1. The van der Waals surface area contributed by atoms with Crippen LogP contribution in [0.3, 0.4) is 0 Å². The summed E-state index contributed by atoms with van der Waals surface area (Å²) in [4.78, 5) is 21.4. The summed E-state index contributed by atoms with van der Waals surface area (Å²) >= 11 is 20.9. The summed E-state index contributed by atoms with van der Waals surface area (Å²) in [7, 11) is 0. The summed E-state index contributed by atoms with van der Waals surface area (Å²) in [5, 5.41) is 2.28. The van der Waals surface area contributed by atoms with E-state index in [1.165, 1.54) is 37.4 Å². The molecule has 1 saturated heterocycles. The fourth-order valence-electron chi connectivity index (χ4n) is 5.32. The van der Waals surface area contributed by atoms with E-state index in [0.29, 0.717) is 31.8 Å². The molecule has 3 aliphatic rings. The molecule has 8 heteroatoms. The highest BCUT2D eigenvalue weighted by molar-refractivity contribution is 8.18. The lowest BCUT2D eigenvalue weighted by Crippen LogP contribution is -2.41. The second-order valence-electron chi connectivity index (χ2n) is 9.97. The van der Waals surface area contributed by atoms with Gasteiger partial charge in [0.2, 0.25) is 0 Å². The lowest BCUT2D eigenvalue weighted by Gasteiger charge is -2.31. The number of carbonyl (C=O) groups excluding carboxylic acids is 1. The Bertz CT molecular complexity index is 1180. The first-order chi connectivity index (χ1) is 18.0. The number of halogens is 3. The molecule has 0 unspecified atom stereocenters. The number of hydrogen-bond acceptors (Lipinski definition) is 4. The summed E-state index contributed by atoms with van der Waals surface area (Å²) < 4.78 is 5.91. The molecule has 3 fully saturated rings. The van der Waals surface area contributed by atoms with E-state index in [1.807, 2.05) is 35.2 Å². The van der Waals surface area contributed by atoms with Gasteiger partial charge in [0.05, 0.1) is 21.0 Å². The summed E-state index contributed by atoms with van der Waals surface area (Å²) in [6, 6.07) is 11.6. The molecule has 2 aliphatic carbocycles. The van der Waals surface area contributed by atoms with Crippen molar-refractivity contribution in [1.29, 1.82) is 0 Å². The number of amidine groups is 1. The predicted octanol–water partition coefficient (Wildman–Crippen LogP) is 9.16. The molecule has 0 aromatic heterocycles. The summed E-state index contributed by atoms with van der Waals surface area (Å²) in [5.74, 6) is 0.442. The van der Waals surface area contributed by atoms with Gasteiger partial charge in [0, 0.05) is 16.6 Å². The minimum atomic E-state index is 0.0396. The van der Waals surface area contributed by atoms with Gasteiger partial charge >= 0.3 is 0 Å². The number of thioether (sulfide) groups is 1. The smallest absolute Gasteiger partial charge is 0.266 e. The highest BCUT2D eigenvalue weighted by atomic mass is 35.5. The van der Waals surface area contributed by atoms with Crippen molar-refractivity contribution < 1.29 is 9.53 Å². The standard InChI is InChI=1S/C29H31Cl3N2O2S/c30-23-14-8-7-9-20(23)18-36-27-24(31)15-19(16-25(27)32)17-26-28(35)34(22-12-5-2-6-13-22)29(37-26)33-21-10-3-1-4-11-21/h7-9,14-17,21-22H,1-6,10-13,18H2. The minimum absolute atomic E-state index is 0.0396. The zero-order chi connectivity index (χ0) is 25.8. The van der Waals surface area contributed by atoms with Gasteiger partial charge in [-0.2, -0.15) is 0 Å². The predicted molar refractivity (Wildman–Crippen MR) is 156 cm³/mol. The molecular weight excluding hydrogens is 547 g/mol. The molecule has 0 N–H and O–H groups in total. The molecule has 4 nitrogen and oxygen atoms in total. The maximum Gasteiger partial charge on any atom is 0.266 e. The van der Waals surface area contributed by atoms with Gasteiger partial charge in [-0.1, -0.05) is 91.5 Å². The molecule has 1 amide bonds. The van der Waals surface area contributed by atoms with Gasteiger partial charge in [-0.3, -0.25) is 14.7 Å². The Hall–Kier alpha value is -1.66. The van der Waals surface area contributed by atoms with Crippen molar-refractivity contribution in [1.82, 2.24) is 4.90 Å². The van der Waals surface area contributed by atoms with E-state index in [4.69, 9.17) is 44.5 Å². The molecule has 2 aromatic carbocycles. The Morgan fingerprint density at radius 1 is 0.919 bits per heavy atom. The normalized spacial score (nSPS) is 21.8. The minimum Gasteiger partial charge on any atom is -0.486 e. The molecular formula is C29H31Cl3N2O2S. The lowest BCUT2D eigenvalue weighted by atomic mass is 9.94. The Balaban J connectivity index is 1.38. The van der Waals surface area contributed by atoms with E-state index in [9.17, 15) is 4.79 Å². The van der Waals surface area contributed by atoms with Crippen LogP contribution in [0.2, 0.25) is 15.1 Å². The number of carbonyl (C=O) groups is 1. The second kappa shape index (κ2) is 12.5. The van der Waals surface area contributed by atoms with E-state index in [1.54, 1.807) is 12.1 Å². The monoisotopic (exact) mass is 576 g/mol. The zero-order valence-corrected chi connectivity index (χ0v) is 23.8. The third kappa shape index (κ3) is 6.50. The van der Waals surface area contributed by atoms with Crippen LogP contribution in [0, 0.1) is 0 Å². The molecule has 196 valence electrons. The van der Waals surface area contributed by atoms with Gasteiger partial charge in [-0.15, -0.1) is 0 Å². The van der Waals surface area contributed by atoms with Crippen molar-refractivity contribution >= 4 is 63.7 Å². The molecule has 0 radical (unpaired) electrons. The number of benzene rings is 2. The van der Waals surface area contributed by atoms with Crippen LogP contribution < -0.4 is 4.74 Å². The highest BCUT2D eigenvalue weighted by Gasteiger charge is 2.39. The zero-order valence-electron chi connectivity index (χ0n) is 20.7. The van der Waals surface area contributed by atoms with Crippen LogP contribution in [0.5, 0.6) is 5.75 Å². The molecule has 0 atom stereocenters. The largest absolute Gasteiger partial charge is 0.486 e. The van der Waals surface area contributed by atoms with Crippen molar-refractivity contribution in [3.63, 3.8) is 0 Å². The van der Waals surface area contributed by atoms with Gasteiger partial charge in [0.15, 0.2) is 10.9 Å². The van der Waals surface area contributed by atoms with Crippen LogP contribution in [0.4, 0.5) is 0 Å². The third-order valence-corrected chi connectivity index (χ3v) is 9.22. The molecule has 37 heavy (non-hydrogen) atoms. The molecule has 1 heterocycles. The van der Waals surface area contributed by atoms with Crippen LogP contribution in [-0.2, 0) is 11.4 Å². The average molecular weight is 578 g/mol. The van der Waals surface area contributed by atoms with Crippen molar-refractivity contribution in [2.45, 2.75) is 82.9 Å². The van der Waals surface area contributed by atoms with E-state index < -0.39 is 0 Å². The maximum absolute atomic E-state index is 13.6. The quantitative estimate of drug-likeness (QED) is 0.321. The van der Waals surface area contributed by atoms with Crippen molar-refractivity contribution in [3.8, 4) is 5.75 Å². The summed E-state index contributed by atoms with van der Waals surface area (Å²) in [6.07, 6.45) is 13.5. The molecule has 5 rings (SSSR count). The summed E-state index contributed by atoms with van der Waals surface area (Å²) in [5.41, 5.74) is 1.61. The fourth-order valence-corrected chi connectivity index (χ4v) is 7.23. The number of amides is 1. The van der Waals surface area contributed by atoms with E-state index >= 15 is 0 Å². The van der Waals surface area contributed by atoms with Gasteiger partial charge in [0.25, 0.3) is 5.91 Å². The highest BCUT2D eigenvalue weighted by Crippen LogP contribution is 2.40. The Kier molecular flexibility index (Phi) is 9.07. The Morgan fingerprint density at radius 2 is 1.57 bits per heavy atom. The fraction of sp³-hybridized carbons (Fsp3) is 0.448. The van der Waals surface area contributed by atoms with Crippen LogP contribution in [0.25, 0.3) is 6.08 Å². The topological polar surface area (TPSA) is 41.9 Å². The maximum atomic E-state index is 13.6. The first kappa shape index (κ1) is 26.9. The van der Waals surface area contributed by atoms with Crippen molar-refractivity contribution in [2.24, 2.45) is 4.99 Å². The first-order valence-corrected chi connectivity index (χ1v) is 15.1. The van der Waals surface area contributed by atoms with Crippen molar-refractivity contribution in [3.05, 3.63) is 67.5 Å². The second-order valence-corrected chi connectivity index (χ2v) is 12.2. The van der Waals surface area contributed by atoms with Gasteiger partial charge in [0.1, 0.15) is 6.61 Å². The van der Waals surface area contributed by atoms with Crippen LogP contribution in [0.1, 0.15) is 75.3 Å². The number of hydrogen-bond donors (Lipinski definition) is 0. The molecule has 0 spiro atoms. The Labute approximate surface area is 238 Å². The van der Waals surface area contributed by atoms with Crippen molar-refractivity contribution in [2.75, 3.05) is 0 Å². The SMILES string of the molecule is O=C1C(=Cc2cc(Cl)c(OCc3ccccc3Cl)c(Cl)c2)SC(=NC2CCCCC2)N1C1CCCCC1.